The minimum Gasteiger partial charge on any atom is -0.483 e. The van der Waals surface area contributed by atoms with E-state index in [1.165, 1.54) is 0 Å². The first kappa shape index (κ1) is 18.0. The highest BCUT2D eigenvalue weighted by Gasteiger charge is 2.13. The van der Waals surface area contributed by atoms with E-state index in [0.29, 0.717) is 12.5 Å². The quantitative estimate of drug-likeness (QED) is 0.789. The summed E-state index contributed by atoms with van der Waals surface area (Å²) in [6.45, 7) is 8.87. The van der Waals surface area contributed by atoms with Gasteiger partial charge in [0, 0.05) is 22.6 Å². The number of aryl methyl sites for hydroxylation is 1. The van der Waals surface area contributed by atoms with Crippen molar-refractivity contribution in [1.82, 2.24) is 10.6 Å². The number of amides is 1. The maximum Gasteiger partial charge on any atom is 0.258 e. The Balaban J connectivity index is 2.72. The van der Waals surface area contributed by atoms with Crippen LogP contribution in [0.1, 0.15) is 31.9 Å². The van der Waals surface area contributed by atoms with Crippen molar-refractivity contribution < 1.29 is 9.53 Å². The fourth-order valence-corrected chi connectivity index (χ4v) is 2.55. The lowest BCUT2D eigenvalue weighted by Gasteiger charge is -2.19. The molecule has 0 aromatic heterocycles. The van der Waals surface area contributed by atoms with Gasteiger partial charge in [-0.1, -0.05) is 29.8 Å². The third-order valence-corrected chi connectivity index (χ3v) is 3.88. The lowest BCUT2D eigenvalue weighted by molar-refractivity contribution is -0.124. The van der Waals surface area contributed by atoms with Gasteiger partial charge in [-0.2, -0.15) is 0 Å². The summed E-state index contributed by atoms with van der Waals surface area (Å²) in [4.78, 5) is 11.9. The van der Waals surface area contributed by atoms with Crippen molar-refractivity contribution in [2.45, 2.75) is 40.3 Å². The highest BCUT2D eigenvalue weighted by atomic mass is 79.9. The molecule has 2 N–H and O–H groups in total. The molecule has 5 heteroatoms. The molecule has 0 saturated carbocycles. The maximum atomic E-state index is 11.9. The molecule has 21 heavy (non-hydrogen) atoms. The second kappa shape index (κ2) is 8.39. The van der Waals surface area contributed by atoms with Gasteiger partial charge in [0.05, 0.1) is 0 Å². The standard InChI is InChI=1S/C16H25BrN2O2/c1-10(2)12(4)19-15(20)9-21-16-11(3)6-14(17)7-13(16)8-18-5/h6-7,10,12,18H,8-9H2,1-5H3,(H,19,20). The average Bonchev–Trinajstić information content (AvgIpc) is 2.37. The number of rotatable bonds is 7. The first-order valence-corrected chi connectivity index (χ1v) is 8.00. The second-order valence-electron chi connectivity index (χ2n) is 5.63. The van der Waals surface area contributed by atoms with Crippen LogP contribution in [0.25, 0.3) is 0 Å². The van der Waals surface area contributed by atoms with Gasteiger partial charge >= 0.3 is 0 Å². The fourth-order valence-electron chi connectivity index (χ4n) is 1.93. The Morgan fingerprint density at radius 1 is 1.33 bits per heavy atom. The van der Waals surface area contributed by atoms with Crippen molar-refractivity contribution >= 4 is 21.8 Å². The molecule has 0 aliphatic heterocycles. The lowest BCUT2D eigenvalue weighted by Crippen LogP contribution is -2.39. The molecule has 1 rings (SSSR count). The van der Waals surface area contributed by atoms with E-state index in [4.69, 9.17) is 4.74 Å². The van der Waals surface area contributed by atoms with Crippen LogP contribution in [0.15, 0.2) is 16.6 Å². The number of carbonyl (C=O) groups is 1. The molecule has 4 nitrogen and oxygen atoms in total. The Morgan fingerprint density at radius 3 is 2.57 bits per heavy atom. The van der Waals surface area contributed by atoms with Crippen LogP contribution in [-0.4, -0.2) is 25.6 Å². The molecular weight excluding hydrogens is 332 g/mol. The van der Waals surface area contributed by atoms with E-state index in [0.717, 1.165) is 21.3 Å². The monoisotopic (exact) mass is 356 g/mol. The highest BCUT2D eigenvalue weighted by Crippen LogP contribution is 2.28. The van der Waals surface area contributed by atoms with Crippen LogP contribution in [0.3, 0.4) is 0 Å². The molecular formula is C16H25BrN2O2. The van der Waals surface area contributed by atoms with Crippen molar-refractivity contribution in [2.24, 2.45) is 5.92 Å². The predicted molar refractivity (Wildman–Crippen MR) is 89.6 cm³/mol. The number of hydrogen-bond donors (Lipinski definition) is 2. The summed E-state index contributed by atoms with van der Waals surface area (Å²) >= 11 is 3.48. The van der Waals surface area contributed by atoms with E-state index in [1.807, 2.05) is 33.0 Å². The van der Waals surface area contributed by atoms with Gasteiger partial charge in [-0.15, -0.1) is 0 Å². The Hall–Kier alpha value is -1.07. The smallest absolute Gasteiger partial charge is 0.258 e. The number of hydrogen-bond acceptors (Lipinski definition) is 3. The Labute approximate surface area is 135 Å². The van der Waals surface area contributed by atoms with Crippen LogP contribution < -0.4 is 15.4 Å². The summed E-state index contributed by atoms with van der Waals surface area (Å²) in [6.07, 6.45) is 0. The van der Waals surface area contributed by atoms with Crippen molar-refractivity contribution in [2.75, 3.05) is 13.7 Å². The van der Waals surface area contributed by atoms with Gasteiger partial charge < -0.3 is 15.4 Å². The third-order valence-electron chi connectivity index (χ3n) is 3.42. The van der Waals surface area contributed by atoms with Gasteiger partial charge in [-0.25, -0.2) is 0 Å². The first-order chi connectivity index (χ1) is 9.85. The van der Waals surface area contributed by atoms with Crippen molar-refractivity contribution in [3.05, 3.63) is 27.7 Å². The molecule has 0 spiro atoms. The minimum absolute atomic E-state index is 0.0379. The summed E-state index contributed by atoms with van der Waals surface area (Å²) < 4.78 is 6.75. The van der Waals surface area contributed by atoms with E-state index in [1.54, 1.807) is 0 Å². The number of carbonyl (C=O) groups excluding carboxylic acids is 1. The van der Waals surface area contributed by atoms with Gasteiger partial charge in [-0.05, 0) is 44.5 Å². The van der Waals surface area contributed by atoms with Gasteiger partial charge in [0.1, 0.15) is 5.75 Å². The third kappa shape index (κ3) is 5.67. The predicted octanol–water partition coefficient (Wildman–Crippen LogP) is 3.02. The summed E-state index contributed by atoms with van der Waals surface area (Å²) in [6, 6.07) is 4.14. The van der Waals surface area contributed by atoms with E-state index in [9.17, 15) is 4.79 Å². The van der Waals surface area contributed by atoms with Gasteiger partial charge in [0.25, 0.3) is 5.91 Å². The molecule has 0 radical (unpaired) electrons. The molecule has 1 aromatic carbocycles. The van der Waals surface area contributed by atoms with Crippen LogP contribution in [0.2, 0.25) is 0 Å². The number of halogens is 1. The second-order valence-corrected chi connectivity index (χ2v) is 6.55. The van der Waals surface area contributed by atoms with Gasteiger partial charge in [-0.3, -0.25) is 4.79 Å². The lowest BCUT2D eigenvalue weighted by atomic mass is 10.1. The zero-order chi connectivity index (χ0) is 16.0. The summed E-state index contributed by atoms with van der Waals surface area (Å²) in [5, 5.41) is 6.06. The van der Waals surface area contributed by atoms with Crippen LogP contribution in [0.4, 0.5) is 0 Å². The van der Waals surface area contributed by atoms with E-state index in [2.05, 4.69) is 40.4 Å². The zero-order valence-electron chi connectivity index (χ0n) is 13.4. The van der Waals surface area contributed by atoms with E-state index in [-0.39, 0.29) is 18.6 Å². The van der Waals surface area contributed by atoms with E-state index < -0.39 is 0 Å². The fraction of sp³-hybridized carbons (Fsp3) is 0.562. The Morgan fingerprint density at radius 2 is 2.00 bits per heavy atom. The van der Waals surface area contributed by atoms with Gasteiger partial charge in [0.15, 0.2) is 6.61 Å². The minimum atomic E-state index is -0.0890. The zero-order valence-corrected chi connectivity index (χ0v) is 15.0. The summed E-state index contributed by atoms with van der Waals surface area (Å²) in [5.41, 5.74) is 2.05. The molecule has 0 saturated heterocycles. The molecule has 118 valence electrons. The summed E-state index contributed by atoms with van der Waals surface area (Å²) in [5.74, 6) is 1.09. The van der Waals surface area contributed by atoms with Crippen LogP contribution in [0.5, 0.6) is 5.75 Å². The van der Waals surface area contributed by atoms with Crippen molar-refractivity contribution in [1.29, 1.82) is 0 Å². The SMILES string of the molecule is CNCc1cc(Br)cc(C)c1OCC(=O)NC(C)C(C)C. The first-order valence-electron chi connectivity index (χ1n) is 7.21. The highest BCUT2D eigenvalue weighted by molar-refractivity contribution is 9.10. The average molecular weight is 357 g/mol. The topological polar surface area (TPSA) is 50.4 Å². The molecule has 0 aliphatic rings. The maximum absolute atomic E-state index is 11.9. The van der Waals surface area contributed by atoms with Crippen LogP contribution in [0, 0.1) is 12.8 Å². The molecule has 0 aliphatic carbocycles. The molecule has 1 atom stereocenters. The largest absolute Gasteiger partial charge is 0.483 e. The number of ether oxygens (including phenoxy) is 1. The Bertz CT molecular complexity index is 489. The van der Waals surface area contributed by atoms with Crippen LogP contribution >= 0.6 is 15.9 Å². The number of nitrogens with one attached hydrogen (secondary N) is 2. The number of benzene rings is 1. The molecule has 1 aromatic rings. The summed E-state index contributed by atoms with van der Waals surface area (Å²) in [7, 11) is 1.89. The van der Waals surface area contributed by atoms with Crippen molar-refractivity contribution in [3.63, 3.8) is 0 Å². The molecule has 0 bridgehead atoms. The molecule has 0 fully saturated rings. The molecule has 1 unspecified atom stereocenters. The normalized spacial score (nSPS) is 12.3. The Kier molecular flexibility index (Phi) is 7.18. The molecule has 1 amide bonds. The van der Waals surface area contributed by atoms with Crippen molar-refractivity contribution in [3.8, 4) is 5.75 Å². The van der Waals surface area contributed by atoms with Crippen LogP contribution in [-0.2, 0) is 11.3 Å². The molecule has 0 heterocycles. The van der Waals surface area contributed by atoms with E-state index >= 15 is 0 Å². The van der Waals surface area contributed by atoms with Gasteiger partial charge in [0.2, 0.25) is 0 Å².